The van der Waals surface area contributed by atoms with Gasteiger partial charge in [0.2, 0.25) is 0 Å². The van der Waals surface area contributed by atoms with E-state index in [-0.39, 0.29) is 24.8 Å². The van der Waals surface area contributed by atoms with Crippen molar-refractivity contribution < 1.29 is 0 Å². The van der Waals surface area contributed by atoms with Gasteiger partial charge in [-0.3, -0.25) is 9.98 Å². The highest BCUT2D eigenvalue weighted by Gasteiger charge is 2.10. The Morgan fingerprint density at radius 1 is 0.500 bits per heavy atom. The standard InChI is InChI=1S/C24H22N4.2ClH/c1-2-21(17-4-8-19(9-5-17)23-25-12-13-26-23)16-22(3-1)18-6-10-20(11-7-18)24-27-14-15-28-24;;/h1-11,16H,12-15H2,(H,25,26)(H,27,28);2*1H. The lowest BCUT2D eigenvalue weighted by molar-refractivity contribution is 0.960. The molecule has 0 atom stereocenters. The first-order valence-corrected chi connectivity index (χ1v) is 9.75. The smallest absolute Gasteiger partial charge is 0.128 e. The second-order valence-corrected chi connectivity index (χ2v) is 7.05. The van der Waals surface area contributed by atoms with E-state index >= 15 is 0 Å². The van der Waals surface area contributed by atoms with Crippen molar-refractivity contribution >= 4 is 36.5 Å². The van der Waals surface area contributed by atoms with E-state index in [0.29, 0.717) is 0 Å². The zero-order valence-corrected chi connectivity index (χ0v) is 18.1. The number of hydrogen-bond donors (Lipinski definition) is 2. The van der Waals surface area contributed by atoms with Crippen LogP contribution in [-0.2, 0) is 0 Å². The molecule has 2 aliphatic rings. The number of nitrogens with zero attached hydrogens (tertiary/aromatic N) is 2. The van der Waals surface area contributed by atoms with Gasteiger partial charge in [0.25, 0.3) is 0 Å². The normalized spacial score (nSPS) is 14.5. The number of rotatable bonds is 4. The molecule has 0 saturated heterocycles. The molecule has 3 aromatic rings. The van der Waals surface area contributed by atoms with Crippen molar-refractivity contribution in [1.29, 1.82) is 0 Å². The van der Waals surface area contributed by atoms with Gasteiger partial charge in [0.1, 0.15) is 11.7 Å². The third kappa shape index (κ3) is 4.50. The van der Waals surface area contributed by atoms with Crippen LogP contribution in [0, 0.1) is 0 Å². The van der Waals surface area contributed by atoms with Crippen LogP contribution in [0.3, 0.4) is 0 Å². The van der Waals surface area contributed by atoms with Gasteiger partial charge in [0.15, 0.2) is 0 Å². The molecule has 2 aliphatic heterocycles. The number of aliphatic imine (C=N–C) groups is 2. The molecule has 6 heteroatoms. The van der Waals surface area contributed by atoms with Gasteiger partial charge in [-0.15, -0.1) is 24.8 Å². The molecule has 5 rings (SSSR count). The maximum Gasteiger partial charge on any atom is 0.128 e. The molecule has 2 heterocycles. The molecule has 4 nitrogen and oxygen atoms in total. The summed E-state index contributed by atoms with van der Waals surface area (Å²) in [5.74, 6) is 2.00. The summed E-state index contributed by atoms with van der Waals surface area (Å²) in [5.41, 5.74) is 7.16. The molecule has 30 heavy (non-hydrogen) atoms. The fraction of sp³-hybridized carbons (Fsp3) is 0.167. The van der Waals surface area contributed by atoms with Gasteiger partial charge in [-0.2, -0.15) is 0 Å². The minimum absolute atomic E-state index is 0. The van der Waals surface area contributed by atoms with E-state index in [4.69, 9.17) is 0 Å². The van der Waals surface area contributed by atoms with Gasteiger partial charge < -0.3 is 10.6 Å². The molecule has 0 unspecified atom stereocenters. The van der Waals surface area contributed by atoms with Crippen LogP contribution in [0.15, 0.2) is 82.8 Å². The highest BCUT2D eigenvalue weighted by Crippen LogP contribution is 2.27. The predicted molar refractivity (Wildman–Crippen MR) is 131 cm³/mol. The monoisotopic (exact) mass is 438 g/mol. The van der Waals surface area contributed by atoms with Gasteiger partial charge in [0.05, 0.1) is 13.1 Å². The predicted octanol–water partition coefficient (Wildman–Crippen LogP) is 4.56. The summed E-state index contributed by atoms with van der Waals surface area (Å²) in [6, 6.07) is 25.9. The molecule has 0 fully saturated rings. The third-order valence-corrected chi connectivity index (χ3v) is 5.19. The third-order valence-electron chi connectivity index (χ3n) is 5.19. The number of halogens is 2. The SMILES string of the molecule is Cl.Cl.c1cc(-c2ccc(C3=NCCN3)cc2)cc(-c2ccc(C3=NCCN3)cc2)c1. The molecular weight excluding hydrogens is 415 g/mol. The van der Waals surface area contributed by atoms with Crippen LogP contribution in [0.2, 0.25) is 0 Å². The Morgan fingerprint density at radius 2 is 0.900 bits per heavy atom. The van der Waals surface area contributed by atoms with Crippen LogP contribution < -0.4 is 10.6 Å². The molecule has 0 saturated carbocycles. The van der Waals surface area contributed by atoms with Gasteiger partial charge in [-0.25, -0.2) is 0 Å². The second-order valence-electron chi connectivity index (χ2n) is 7.05. The first kappa shape index (κ1) is 21.9. The molecule has 0 spiro atoms. The van der Waals surface area contributed by atoms with Gasteiger partial charge in [0, 0.05) is 24.2 Å². The van der Waals surface area contributed by atoms with Crippen molar-refractivity contribution in [2.24, 2.45) is 9.98 Å². The van der Waals surface area contributed by atoms with Crippen molar-refractivity contribution in [3.63, 3.8) is 0 Å². The lowest BCUT2D eigenvalue weighted by atomic mass is 9.97. The molecule has 0 aromatic heterocycles. The Labute approximate surface area is 189 Å². The number of nitrogens with one attached hydrogen (secondary N) is 2. The molecule has 2 N–H and O–H groups in total. The molecule has 3 aromatic carbocycles. The molecular formula is C24H24Cl2N4. The minimum atomic E-state index is 0. The molecule has 154 valence electrons. The molecule has 0 bridgehead atoms. The minimum Gasteiger partial charge on any atom is -0.368 e. The van der Waals surface area contributed by atoms with E-state index in [0.717, 1.165) is 49.0 Å². The highest BCUT2D eigenvalue weighted by molar-refractivity contribution is 6.00. The zero-order valence-electron chi connectivity index (χ0n) is 16.5. The first-order chi connectivity index (χ1) is 13.9. The topological polar surface area (TPSA) is 48.8 Å². The molecule has 0 radical (unpaired) electrons. The molecule has 0 aliphatic carbocycles. The lowest BCUT2D eigenvalue weighted by Gasteiger charge is -2.09. The summed E-state index contributed by atoms with van der Waals surface area (Å²) in [6.45, 7) is 3.59. The lowest BCUT2D eigenvalue weighted by Crippen LogP contribution is -2.19. The first-order valence-electron chi connectivity index (χ1n) is 9.75. The fourth-order valence-corrected chi connectivity index (χ4v) is 3.70. The summed E-state index contributed by atoms with van der Waals surface area (Å²) in [5, 5.41) is 6.65. The van der Waals surface area contributed by atoms with Crippen LogP contribution in [0.4, 0.5) is 0 Å². The van der Waals surface area contributed by atoms with Crippen molar-refractivity contribution in [1.82, 2.24) is 10.6 Å². The van der Waals surface area contributed by atoms with Crippen LogP contribution in [0.25, 0.3) is 22.3 Å². The van der Waals surface area contributed by atoms with Crippen molar-refractivity contribution in [3.8, 4) is 22.3 Å². The van der Waals surface area contributed by atoms with Crippen LogP contribution in [0.5, 0.6) is 0 Å². The summed E-state index contributed by atoms with van der Waals surface area (Å²) >= 11 is 0. The van der Waals surface area contributed by atoms with E-state index < -0.39 is 0 Å². The largest absolute Gasteiger partial charge is 0.368 e. The summed E-state index contributed by atoms with van der Waals surface area (Å²) < 4.78 is 0. The van der Waals surface area contributed by atoms with Crippen molar-refractivity contribution in [2.75, 3.05) is 26.2 Å². The van der Waals surface area contributed by atoms with Gasteiger partial charge in [-0.1, -0.05) is 66.7 Å². The van der Waals surface area contributed by atoms with Crippen LogP contribution in [0.1, 0.15) is 11.1 Å². The Morgan fingerprint density at radius 3 is 1.27 bits per heavy atom. The Bertz CT molecular complexity index is 975. The van der Waals surface area contributed by atoms with E-state index in [1.54, 1.807) is 0 Å². The zero-order chi connectivity index (χ0) is 18.8. The van der Waals surface area contributed by atoms with E-state index in [2.05, 4.69) is 93.4 Å². The average Bonchev–Trinajstić information content (AvgIpc) is 3.49. The number of amidine groups is 2. The summed E-state index contributed by atoms with van der Waals surface area (Å²) in [6.07, 6.45) is 0. The number of benzene rings is 3. The van der Waals surface area contributed by atoms with Crippen molar-refractivity contribution in [3.05, 3.63) is 83.9 Å². The van der Waals surface area contributed by atoms with E-state index in [9.17, 15) is 0 Å². The van der Waals surface area contributed by atoms with Crippen LogP contribution >= 0.6 is 24.8 Å². The average molecular weight is 439 g/mol. The maximum atomic E-state index is 4.49. The number of hydrogen-bond acceptors (Lipinski definition) is 4. The Kier molecular flexibility index (Phi) is 7.14. The van der Waals surface area contributed by atoms with Gasteiger partial charge >= 0.3 is 0 Å². The summed E-state index contributed by atoms with van der Waals surface area (Å²) in [7, 11) is 0. The van der Waals surface area contributed by atoms with E-state index in [1.165, 1.54) is 22.3 Å². The summed E-state index contributed by atoms with van der Waals surface area (Å²) in [4.78, 5) is 8.98. The highest BCUT2D eigenvalue weighted by atomic mass is 35.5. The second kappa shape index (κ2) is 9.79. The Balaban J connectivity index is 0.00000128. The maximum absolute atomic E-state index is 4.49. The quantitative estimate of drug-likeness (QED) is 0.626. The Hall–Kier alpha value is -2.82. The van der Waals surface area contributed by atoms with Crippen LogP contribution in [-0.4, -0.2) is 37.9 Å². The van der Waals surface area contributed by atoms with Crippen molar-refractivity contribution in [2.45, 2.75) is 0 Å². The molecule has 0 amide bonds. The van der Waals surface area contributed by atoms with E-state index in [1.807, 2.05) is 0 Å². The fourth-order valence-electron chi connectivity index (χ4n) is 3.70. The van der Waals surface area contributed by atoms with Gasteiger partial charge in [-0.05, 0) is 28.3 Å².